The number of benzene rings is 1. The van der Waals surface area contributed by atoms with Crippen molar-refractivity contribution in [3.63, 3.8) is 0 Å². The molecule has 7 nitrogen and oxygen atoms in total. The van der Waals surface area contributed by atoms with E-state index < -0.39 is 5.97 Å². The third-order valence-electron chi connectivity index (χ3n) is 3.69. The highest BCUT2D eigenvalue weighted by molar-refractivity contribution is 5.98. The lowest BCUT2D eigenvalue weighted by atomic mass is 10.2. The molecule has 2 rings (SSSR count). The van der Waals surface area contributed by atoms with Crippen LogP contribution < -0.4 is 15.0 Å². The number of esters is 1. The number of anilines is 2. The van der Waals surface area contributed by atoms with E-state index in [1.54, 1.807) is 30.0 Å². The number of hydrogen-bond donors (Lipinski definition) is 1. The Morgan fingerprint density at radius 3 is 2.71 bits per heavy atom. The Balaban J connectivity index is 2.04. The smallest absolute Gasteiger partial charge is 0.306 e. The van der Waals surface area contributed by atoms with Crippen LogP contribution in [-0.2, 0) is 19.1 Å². The van der Waals surface area contributed by atoms with Crippen molar-refractivity contribution in [3.05, 3.63) is 18.2 Å². The van der Waals surface area contributed by atoms with Gasteiger partial charge in [0.25, 0.3) is 0 Å². The molecule has 130 valence electrons. The van der Waals surface area contributed by atoms with Crippen LogP contribution in [0.5, 0.6) is 5.75 Å². The Hall–Kier alpha value is -2.57. The van der Waals surface area contributed by atoms with Crippen molar-refractivity contribution in [1.29, 1.82) is 0 Å². The van der Waals surface area contributed by atoms with Gasteiger partial charge in [-0.3, -0.25) is 14.4 Å². The number of nitrogens with zero attached hydrogens (tertiary/aromatic N) is 1. The number of methoxy groups -OCH3 is 1. The molecule has 2 amide bonds. The molecule has 0 aromatic heterocycles. The summed E-state index contributed by atoms with van der Waals surface area (Å²) in [5, 5.41) is 2.73. The zero-order chi connectivity index (χ0) is 17.5. The highest BCUT2D eigenvalue weighted by Gasteiger charge is 2.24. The van der Waals surface area contributed by atoms with Crippen molar-refractivity contribution in [2.75, 3.05) is 30.5 Å². The average Bonchev–Trinajstić information content (AvgIpc) is 2.99. The van der Waals surface area contributed by atoms with Crippen LogP contribution in [0.25, 0.3) is 0 Å². The minimum atomic E-state index is -0.397. The van der Waals surface area contributed by atoms with E-state index in [0.717, 1.165) is 6.42 Å². The molecule has 0 atom stereocenters. The molecule has 0 radical (unpaired) electrons. The van der Waals surface area contributed by atoms with Crippen molar-refractivity contribution >= 4 is 29.2 Å². The lowest BCUT2D eigenvalue weighted by molar-refractivity contribution is -0.144. The number of nitrogens with one attached hydrogen (secondary N) is 1. The molecule has 0 unspecified atom stereocenters. The first-order chi connectivity index (χ1) is 11.5. The zero-order valence-electron chi connectivity index (χ0n) is 14.0. The van der Waals surface area contributed by atoms with Gasteiger partial charge >= 0.3 is 5.97 Å². The first kappa shape index (κ1) is 17.8. The van der Waals surface area contributed by atoms with Gasteiger partial charge in [-0.05, 0) is 31.5 Å². The van der Waals surface area contributed by atoms with Gasteiger partial charge in [0.15, 0.2) is 0 Å². The van der Waals surface area contributed by atoms with E-state index in [0.29, 0.717) is 36.7 Å². The lowest BCUT2D eigenvalue weighted by Gasteiger charge is -2.20. The molecular formula is C17H22N2O5. The average molecular weight is 334 g/mol. The van der Waals surface area contributed by atoms with Crippen LogP contribution in [0, 0.1) is 0 Å². The number of rotatable bonds is 7. The van der Waals surface area contributed by atoms with Gasteiger partial charge in [-0.1, -0.05) is 0 Å². The van der Waals surface area contributed by atoms with Gasteiger partial charge in [-0.15, -0.1) is 0 Å². The second kappa shape index (κ2) is 8.33. The highest BCUT2D eigenvalue weighted by atomic mass is 16.5. The second-order valence-electron chi connectivity index (χ2n) is 5.39. The first-order valence-electron chi connectivity index (χ1n) is 7.99. The van der Waals surface area contributed by atoms with Crippen molar-refractivity contribution < 1.29 is 23.9 Å². The zero-order valence-corrected chi connectivity index (χ0v) is 14.0. The molecule has 0 spiro atoms. The van der Waals surface area contributed by atoms with E-state index in [1.165, 1.54) is 7.11 Å². The van der Waals surface area contributed by atoms with Gasteiger partial charge in [-0.25, -0.2) is 0 Å². The predicted octanol–water partition coefficient (Wildman–Crippen LogP) is 2.10. The van der Waals surface area contributed by atoms with E-state index >= 15 is 0 Å². The summed E-state index contributed by atoms with van der Waals surface area (Å²) in [6, 6.07) is 5.12. The van der Waals surface area contributed by atoms with E-state index in [-0.39, 0.29) is 24.7 Å². The van der Waals surface area contributed by atoms with Gasteiger partial charge in [0.05, 0.1) is 25.8 Å². The molecule has 1 aliphatic heterocycles. The molecule has 1 aromatic carbocycles. The normalized spacial score (nSPS) is 13.8. The fourth-order valence-corrected chi connectivity index (χ4v) is 2.55. The molecule has 0 saturated carbocycles. The molecule has 1 aromatic rings. The molecule has 1 fully saturated rings. The fraction of sp³-hybridized carbons (Fsp3) is 0.471. The Labute approximate surface area is 140 Å². The summed E-state index contributed by atoms with van der Waals surface area (Å²) in [6.07, 6.45) is 1.40. The van der Waals surface area contributed by atoms with Gasteiger partial charge in [0, 0.05) is 25.1 Å². The highest BCUT2D eigenvalue weighted by Crippen LogP contribution is 2.34. The molecule has 1 aliphatic rings. The molecule has 24 heavy (non-hydrogen) atoms. The Kier molecular flexibility index (Phi) is 6.17. The molecule has 7 heteroatoms. The maximum absolute atomic E-state index is 11.9. The molecule has 1 N–H and O–H groups in total. The number of carbonyl (C=O) groups excluding carboxylic acids is 3. The van der Waals surface area contributed by atoms with Gasteiger partial charge in [0.1, 0.15) is 5.75 Å². The van der Waals surface area contributed by atoms with Gasteiger partial charge in [0.2, 0.25) is 11.8 Å². The summed E-state index contributed by atoms with van der Waals surface area (Å²) in [7, 11) is 1.54. The third-order valence-corrected chi connectivity index (χ3v) is 3.69. The Morgan fingerprint density at radius 1 is 1.29 bits per heavy atom. The maximum atomic E-state index is 11.9. The second-order valence-corrected chi connectivity index (χ2v) is 5.39. The Bertz CT molecular complexity index is 629. The monoisotopic (exact) mass is 334 g/mol. The molecule has 0 aliphatic carbocycles. The van der Waals surface area contributed by atoms with E-state index in [1.807, 2.05) is 0 Å². The fourth-order valence-electron chi connectivity index (χ4n) is 2.55. The molecule has 1 heterocycles. The van der Waals surface area contributed by atoms with Crippen LogP contribution in [0.3, 0.4) is 0 Å². The van der Waals surface area contributed by atoms with Crippen molar-refractivity contribution in [3.8, 4) is 5.75 Å². The number of ether oxygens (including phenoxy) is 2. The largest absolute Gasteiger partial charge is 0.495 e. The van der Waals surface area contributed by atoms with Crippen molar-refractivity contribution in [2.45, 2.75) is 32.6 Å². The number of hydrogen-bond acceptors (Lipinski definition) is 5. The van der Waals surface area contributed by atoms with E-state index in [4.69, 9.17) is 9.47 Å². The van der Waals surface area contributed by atoms with Crippen LogP contribution in [0.15, 0.2) is 18.2 Å². The summed E-state index contributed by atoms with van der Waals surface area (Å²) in [5.74, 6) is -0.0634. The van der Waals surface area contributed by atoms with Crippen LogP contribution >= 0.6 is 0 Å². The van der Waals surface area contributed by atoms with E-state index in [9.17, 15) is 14.4 Å². The lowest BCUT2D eigenvalue weighted by Crippen LogP contribution is -2.24. The first-order valence-corrected chi connectivity index (χ1v) is 7.99. The summed E-state index contributed by atoms with van der Waals surface area (Å²) >= 11 is 0. The summed E-state index contributed by atoms with van der Waals surface area (Å²) in [6.45, 7) is 2.65. The van der Waals surface area contributed by atoms with Crippen LogP contribution in [-0.4, -0.2) is 38.0 Å². The minimum absolute atomic E-state index is 0.0350. The van der Waals surface area contributed by atoms with Crippen molar-refractivity contribution in [1.82, 2.24) is 0 Å². The van der Waals surface area contributed by atoms with Crippen molar-refractivity contribution in [2.24, 2.45) is 0 Å². The summed E-state index contributed by atoms with van der Waals surface area (Å²) < 4.78 is 10.1. The predicted molar refractivity (Wildman–Crippen MR) is 89.1 cm³/mol. The van der Waals surface area contributed by atoms with Gasteiger partial charge in [-0.2, -0.15) is 0 Å². The maximum Gasteiger partial charge on any atom is 0.306 e. The summed E-state index contributed by atoms with van der Waals surface area (Å²) in [5.41, 5.74) is 1.20. The topological polar surface area (TPSA) is 84.9 Å². The quantitative estimate of drug-likeness (QED) is 0.772. The molecule has 0 bridgehead atoms. The third kappa shape index (κ3) is 4.47. The standard InChI is InChI=1S/C17H22N2O5/c1-3-24-17(22)9-8-15(20)18-12-6-7-14(23-2)13(11-12)19-10-4-5-16(19)21/h6-7,11H,3-5,8-10H2,1-2H3,(H,18,20). The van der Waals surface area contributed by atoms with Crippen LogP contribution in [0.1, 0.15) is 32.6 Å². The number of amides is 2. The SMILES string of the molecule is CCOC(=O)CCC(=O)Nc1ccc(OC)c(N2CCCC2=O)c1. The molecular weight excluding hydrogens is 312 g/mol. The van der Waals surface area contributed by atoms with Crippen LogP contribution in [0.4, 0.5) is 11.4 Å². The number of carbonyl (C=O) groups is 3. The van der Waals surface area contributed by atoms with E-state index in [2.05, 4.69) is 5.32 Å². The van der Waals surface area contributed by atoms with Crippen LogP contribution in [0.2, 0.25) is 0 Å². The Morgan fingerprint density at radius 2 is 2.08 bits per heavy atom. The summed E-state index contributed by atoms with van der Waals surface area (Å²) in [4.78, 5) is 36.8. The minimum Gasteiger partial charge on any atom is -0.495 e. The van der Waals surface area contributed by atoms with Gasteiger partial charge < -0.3 is 19.7 Å². The molecule has 1 saturated heterocycles.